The monoisotopic (exact) mass is 156 g/mol. The van der Waals surface area contributed by atoms with E-state index < -0.39 is 0 Å². The Morgan fingerprint density at radius 2 is 1.33 bits per heavy atom. The Kier molecular flexibility index (Phi) is 24.4. The van der Waals surface area contributed by atoms with Gasteiger partial charge >= 0.3 is 19.5 Å². The van der Waals surface area contributed by atoms with Crippen molar-refractivity contribution in [2.75, 3.05) is 0 Å². The predicted octanol–water partition coefficient (Wildman–Crippen LogP) is -0.933. The Balaban J connectivity index is -0.0000000450. The zero-order valence-electron chi connectivity index (χ0n) is 3.18. The molecule has 0 aromatic rings. The van der Waals surface area contributed by atoms with Crippen molar-refractivity contribution in [1.29, 1.82) is 0 Å². The molecule has 0 radical (unpaired) electrons. The molecule has 32 valence electrons. The van der Waals surface area contributed by atoms with Gasteiger partial charge in [-0.15, -0.1) is 0 Å². The summed E-state index contributed by atoms with van der Waals surface area (Å²) in [4.78, 5) is 0. The van der Waals surface area contributed by atoms with Crippen LogP contribution in [0.1, 0.15) is 0 Å². The second-order valence-electron chi connectivity index (χ2n) is 0.402. The average molecular weight is 158 g/mol. The Morgan fingerprint density at radius 3 is 1.33 bits per heavy atom. The third-order valence-electron chi connectivity index (χ3n) is 0. The Bertz CT molecular complexity index is 36.5. The number of thiocarbonyl (C=S) groups is 1. The van der Waals surface area contributed by atoms with E-state index in [1.807, 2.05) is 0 Å². The molecule has 6 heavy (non-hydrogen) atoms. The quantitative estimate of drug-likeness (QED) is 0.352. The van der Waals surface area contributed by atoms with Crippen molar-refractivity contribution in [3.05, 3.63) is 0 Å². The summed E-state index contributed by atoms with van der Waals surface area (Å²) < 4.78 is 0. The molecule has 0 rings (SSSR count). The average Bonchev–Trinajstić information content (AvgIpc) is 0.811. The van der Waals surface area contributed by atoms with E-state index in [2.05, 4.69) is 23.7 Å². The fourth-order valence-corrected chi connectivity index (χ4v) is 0. The van der Waals surface area contributed by atoms with Crippen LogP contribution < -0.4 is 11.5 Å². The SMILES string of the molecule is NC(N)=S.[O-2].[Zn+2]. The van der Waals surface area contributed by atoms with Crippen LogP contribution >= 0.6 is 12.2 Å². The number of nitrogens with two attached hydrogens (primary N) is 2. The van der Waals surface area contributed by atoms with Crippen LogP contribution in [0, 0.1) is 0 Å². The summed E-state index contributed by atoms with van der Waals surface area (Å²) in [5.41, 5.74) is 9.24. The number of hydrogen-bond donors (Lipinski definition) is 2. The van der Waals surface area contributed by atoms with Crippen molar-refractivity contribution in [2.45, 2.75) is 0 Å². The van der Waals surface area contributed by atoms with E-state index in [4.69, 9.17) is 0 Å². The van der Waals surface area contributed by atoms with Gasteiger partial charge in [-0.05, 0) is 12.2 Å². The van der Waals surface area contributed by atoms with Crippen LogP contribution in [0.15, 0.2) is 0 Å². The molecule has 0 heterocycles. The maximum atomic E-state index is 4.62. The van der Waals surface area contributed by atoms with Crippen LogP contribution in [-0.2, 0) is 25.0 Å². The second-order valence-corrected chi connectivity index (χ2v) is 0.874. The molecule has 0 aliphatic rings. The van der Waals surface area contributed by atoms with Crippen molar-refractivity contribution >= 4 is 17.3 Å². The summed E-state index contributed by atoms with van der Waals surface area (Å²) in [7, 11) is 0. The molecule has 0 aromatic carbocycles. The van der Waals surface area contributed by atoms with Crippen LogP contribution in [0.5, 0.6) is 0 Å². The third kappa shape index (κ3) is 613. The third-order valence-corrected chi connectivity index (χ3v) is 0. The van der Waals surface area contributed by atoms with Gasteiger partial charge in [0, 0.05) is 0 Å². The molecule has 0 amide bonds. The molecule has 0 fully saturated rings. The standard InChI is InChI=1S/CH4N2S.O.Zn/c2-1(3)4;;/h(H4,2,3,4);;/q;-2;+2. The molecule has 0 aliphatic carbocycles. The minimum Gasteiger partial charge on any atom is -2.00 e. The maximum absolute atomic E-state index is 4.62. The van der Waals surface area contributed by atoms with E-state index in [0.29, 0.717) is 0 Å². The number of rotatable bonds is 0. The fourth-order valence-electron chi connectivity index (χ4n) is 0. The van der Waals surface area contributed by atoms with Crippen molar-refractivity contribution in [3.63, 3.8) is 0 Å². The molecule has 0 saturated heterocycles. The summed E-state index contributed by atoms with van der Waals surface area (Å²) in [6.07, 6.45) is 0. The predicted molar refractivity (Wildman–Crippen MR) is 21.7 cm³/mol. The summed E-state index contributed by atoms with van der Waals surface area (Å²) in [6.45, 7) is 0. The van der Waals surface area contributed by atoms with Gasteiger partial charge in [0.1, 0.15) is 0 Å². The van der Waals surface area contributed by atoms with Crippen LogP contribution in [0.25, 0.3) is 0 Å². The van der Waals surface area contributed by atoms with Crippen LogP contribution in [0.4, 0.5) is 0 Å². The van der Waals surface area contributed by atoms with Crippen LogP contribution in [0.3, 0.4) is 0 Å². The van der Waals surface area contributed by atoms with Crippen molar-refractivity contribution in [3.8, 4) is 0 Å². The zero-order chi connectivity index (χ0) is 3.58. The molecular weight excluding hydrogens is 153 g/mol. The topological polar surface area (TPSA) is 80.5 Å². The molecule has 0 atom stereocenters. The first-order chi connectivity index (χ1) is 1.73. The first-order valence-electron chi connectivity index (χ1n) is 0.781. The normalized spacial score (nSPS) is 4.00. The molecule has 0 aromatic heterocycles. The van der Waals surface area contributed by atoms with Gasteiger partial charge in [-0.1, -0.05) is 0 Å². The first-order valence-corrected chi connectivity index (χ1v) is 1.19. The Morgan fingerprint density at radius 1 is 1.33 bits per heavy atom. The van der Waals surface area contributed by atoms with Crippen molar-refractivity contribution < 1.29 is 25.0 Å². The largest absolute Gasteiger partial charge is 2.00 e. The van der Waals surface area contributed by atoms with Crippen molar-refractivity contribution in [1.82, 2.24) is 0 Å². The number of hydrogen-bond acceptors (Lipinski definition) is 1. The summed E-state index contributed by atoms with van der Waals surface area (Å²) in [5, 5.41) is 0.000000000000000222. The minimum absolute atomic E-state index is 0. The van der Waals surface area contributed by atoms with Gasteiger partial charge in [0.2, 0.25) is 0 Å². The minimum atomic E-state index is 0. The molecule has 0 aliphatic heterocycles. The van der Waals surface area contributed by atoms with Crippen LogP contribution in [0.2, 0.25) is 0 Å². The van der Waals surface area contributed by atoms with E-state index in [1.54, 1.807) is 0 Å². The summed E-state index contributed by atoms with van der Waals surface area (Å²) in [6, 6.07) is 0. The Hall–Kier alpha value is 0.273. The second kappa shape index (κ2) is 8.99. The van der Waals surface area contributed by atoms with Crippen molar-refractivity contribution in [2.24, 2.45) is 11.5 Å². The van der Waals surface area contributed by atoms with E-state index in [-0.39, 0.29) is 30.1 Å². The van der Waals surface area contributed by atoms with Gasteiger partial charge in [0.15, 0.2) is 5.11 Å². The molecule has 3 nitrogen and oxygen atoms in total. The van der Waals surface area contributed by atoms with E-state index >= 15 is 0 Å². The summed E-state index contributed by atoms with van der Waals surface area (Å²) in [5.74, 6) is 0. The van der Waals surface area contributed by atoms with E-state index in [9.17, 15) is 0 Å². The molecule has 0 saturated carbocycles. The molecule has 0 unspecified atom stereocenters. The van der Waals surface area contributed by atoms with E-state index in [0.717, 1.165) is 0 Å². The van der Waals surface area contributed by atoms with Gasteiger partial charge in [-0.3, -0.25) is 0 Å². The molecular formula is CH4N2OSZn. The molecule has 4 N–H and O–H groups in total. The fraction of sp³-hybridized carbons (Fsp3) is 0. The smallest absolute Gasteiger partial charge is 2.00 e. The summed E-state index contributed by atoms with van der Waals surface area (Å²) >= 11 is 4.09. The van der Waals surface area contributed by atoms with Gasteiger partial charge in [-0.2, -0.15) is 0 Å². The van der Waals surface area contributed by atoms with Gasteiger partial charge in [0.25, 0.3) is 0 Å². The van der Waals surface area contributed by atoms with Gasteiger partial charge in [-0.25, -0.2) is 0 Å². The maximum Gasteiger partial charge on any atom is 2.00 e. The van der Waals surface area contributed by atoms with Gasteiger partial charge in [0.05, 0.1) is 0 Å². The molecule has 5 heteroatoms. The molecule has 0 bridgehead atoms. The van der Waals surface area contributed by atoms with Gasteiger partial charge < -0.3 is 16.9 Å². The van der Waals surface area contributed by atoms with Crippen LogP contribution in [-0.4, -0.2) is 5.11 Å². The Labute approximate surface area is 54.1 Å². The zero-order valence-corrected chi connectivity index (χ0v) is 6.96. The first kappa shape index (κ1) is 16.3. The molecule has 0 spiro atoms. The van der Waals surface area contributed by atoms with E-state index in [1.165, 1.54) is 0 Å².